The number of hydrogen-bond donors (Lipinski definition) is 1. The third kappa shape index (κ3) is 6.04. The Morgan fingerprint density at radius 3 is 1.03 bits per heavy atom. The van der Waals surface area contributed by atoms with Gasteiger partial charge in [0.05, 0.1) is 0 Å². The molecule has 0 aliphatic heterocycles. The van der Waals surface area contributed by atoms with Gasteiger partial charge in [0.1, 0.15) is 0 Å². The fourth-order valence-electron chi connectivity index (χ4n) is 4.26. The van der Waals surface area contributed by atoms with Crippen molar-refractivity contribution in [2.45, 2.75) is 0 Å². The fraction of sp³-hybridized carbons (Fsp3) is 0. The van der Waals surface area contributed by atoms with Gasteiger partial charge in [0, 0.05) is 0 Å². The summed E-state index contributed by atoms with van der Waals surface area (Å²) in [6.45, 7) is 0. The molecular formula is C30H23N4OZn. The van der Waals surface area contributed by atoms with Gasteiger partial charge in [-0.1, -0.05) is 0 Å². The Hall–Kier alpha value is -4.28. The minimum absolute atomic E-state index is 0.275. The van der Waals surface area contributed by atoms with E-state index in [0.29, 0.717) is 0 Å². The molecule has 0 spiro atoms. The van der Waals surface area contributed by atoms with Crippen molar-refractivity contribution in [1.29, 1.82) is 0 Å². The Morgan fingerprint density at radius 1 is 0.361 bits per heavy atom. The molecule has 171 valence electrons. The molecule has 0 unspecified atom stereocenters. The number of azo groups is 2. The zero-order chi connectivity index (χ0) is 24.6. The summed E-state index contributed by atoms with van der Waals surface area (Å²) in [4.78, 5) is 0. The van der Waals surface area contributed by atoms with E-state index in [4.69, 9.17) is 0 Å². The summed E-state index contributed by atoms with van der Waals surface area (Å²) < 4.78 is 3.92. The Labute approximate surface area is 215 Å². The van der Waals surface area contributed by atoms with Gasteiger partial charge in [-0.2, -0.15) is 0 Å². The number of phenols is 1. The summed E-state index contributed by atoms with van der Waals surface area (Å²) in [6.07, 6.45) is 0. The van der Waals surface area contributed by atoms with E-state index >= 15 is 0 Å². The Balaban J connectivity index is 1.42. The van der Waals surface area contributed by atoms with Crippen LogP contribution in [0.2, 0.25) is 0 Å². The van der Waals surface area contributed by atoms with Crippen LogP contribution in [-0.2, 0) is 16.0 Å². The summed E-state index contributed by atoms with van der Waals surface area (Å²) in [6, 6.07) is 43.8. The van der Waals surface area contributed by atoms with E-state index < -0.39 is 16.0 Å². The van der Waals surface area contributed by atoms with Crippen molar-refractivity contribution in [3.8, 4) is 5.75 Å². The molecular weight excluding hydrogens is 498 g/mol. The van der Waals surface area contributed by atoms with Crippen LogP contribution in [0, 0.1) is 0 Å². The molecule has 5 aromatic carbocycles. The first-order valence-corrected chi connectivity index (χ1v) is 16.3. The average Bonchev–Trinajstić information content (AvgIpc) is 2.94. The number of phenolic OH excluding ortho intramolecular Hbond substituents is 1. The van der Waals surface area contributed by atoms with Crippen LogP contribution in [0.4, 0.5) is 22.7 Å². The normalized spacial score (nSPS) is 11.2. The maximum absolute atomic E-state index is 9.84. The van der Waals surface area contributed by atoms with Crippen molar-refractivity contribution in [2.24, 2.45) is 20.5 Å². The van der Waals surface area contributed by atoms with E-state index in [1.807, 2.05) is 97.1 Å². The SMILES string of the molecule is Oc1cc[c]([Zn]([c]2ccc(/N=N/c3ccccc3)cc2)[c]2ccc(/N=N/c3ccccc3)cc2)cc1. The molecule has 5 aromatic rings. The van der Waals surface area contributed by atoms with Gasteiger partial charge in [-0.3, -0.25) is 0 Å². The average molecular weight is 521 g/mol. The number of rotatable bonds is 7. The Kier molecular flexibility index (Phi) is 7.45. The van der Waals surface area contributed by atoms with Crippen molar-refractivity contribution in [2.75, 3.05) is 0 Å². The second kappa shape index (κ2) is 11.4. The number of nitrogens with zero attached hydrogens (tertiary/aromatic N) is 4. The molecule has 0 bridgehead atoms. The van der Waals surface area contributed by atoms with Gasteiger partial charge < -0.3 is 0 Å². The van der Waals surface area contributed by atoms with Crippen LogP contribution in [0.25, 0.3) is 0 Å². The molecule has 0 radical (unpaired) electrons. The van der Waals surface area contributed by atoms with Crippen molar-refractivity contribution in [1.82, 2.24) is 0 Å². The summed E-state index contributed by atoms with van der Waals surface area (Å²) in [5.74, 6) is 0.275. The summed E-state index contributed by atoms with van der Waals surface area (Å²) in [5.41, 5.74) is 3.28. The van der Waals surface area contributed by atoms with Crippen molar-refractivity contribution in [3.63, 3.8) is 0 Å². The Morgan fingerprint density at radius 2 is 0.667 bits per heavy atom. The molecule has 0 atom stereocenters. The molecule has 1 N–H and O–H groups in total. The monoisotopic (exact) mass is 519 g/mol. The Bertz CT molecular complexity index is 1360. The maximum atomic E-state index is 9.84. The first-order valence-electron chi connectivity index (χ1n) is 11.9. The molecule has 0 amide bonds. The second-order valence-electron chi connectivity index (χ2n) is 8.60. The molecule has 0 aliphatic carbocycles. The molecule has 5 nitrogen and oxygen atoms in total. The fourth-order valence-corrected chi connectivity index (χ4v) is 11.7. The van der Waals surface area contributed by atoms with Gasteiger partial charge in [0.15, 0.2) is 0 Å². The molecule has 0 aliphatic rings. The van der Waals surface area contributed by atoms with E-state index in [9.17, 15) is 5.11 Å². The molecule has 0 saturated heterocycles. The molecule has 6 heteroatoms. The van der Waals surface area contributed by atoms with Crippen LogP contribution >= 0.6 is 0 Å². The zero-order valence-electron chi connectivity index (χ0n) is 19.6. The van der Waals surface area contributed by atoms with Crippen molar-refractivity contribution >= 4 is 35.2 Å². The molecule has 36 heavy (non-hydrogen) atoms. The molecule has 5 rings (SSSR count). The van der Waals surface area contributed by atoms with Gasteiger partial charge in [-0.25, -0.2) is 0 Å². The first kappa shape index (κ1) is 23.5. The quantitative estimate of drug-likeness (QED) is 0.180. The van der Waals surface area contributed by atoms with Gasteiger partial charge in [0.2, 0.25) is 0 Å². The number of hydrogen-bond acceptors (Lipinski definition) is 5. The molecule has 0 heterocycles. The van der Waals surface area contributed by atoms with Crippen LogP contribution in [0.1, 0.15) is 0 Å². The first-order chi connectivity index (χ1) is 17.7. The summed E-state index contributed by atoms with van der Waals surface area (Å²) in [5, 5.41) is 27.2. The van der Waals surface area contributed by atoms with E-state index in [2.05, 4.69) is 44.7 Å². The zero-order valence-corrected chi connectivity index (χ0v) is 22.6. The summed E-state index contributed by atoms with van der Waals surface area (Å²) in [7, 11) is 0. The summed E-state index contributed by atoms with van der Waals surface area (Å²) >= 11 is -2.67. The van der Waals surface area contributed by atoms with Gasteiger partial charge >= 0.3 is 216 Å². The van der Waals surface area contributed by atoms with E-state index in [1.165, 1.54) is 12.5 Å². The van der Waals surface area contributed by atoms with Gasteiger partial charge in [-0.15, -0.1) is 0 Å². The molecule has 0 aromatic heterocycles. The second-order valence-corrected chi connectivity index (χ2v) is 16.0. The minimum atomic E-state index is -2.67. The third-order valence-electron chi connectivity index (χ3n) is 6.11. The van der Waals surface area contributed by atoms with E-state index in [0.717, 1.165) is 22.7 Å². The number of benzene rings is 5. The molecule has 0 fully saturated rings. The van der Waals surface area contributed by atoms with Gasteiger partial charge in [-0.05, 0) is 0 Å². The predicted octanol–water partition coefficient (Wildman–Crippen LogP) is 7.12. The standard InChI is InChI=1S/2C12H9N2.C6H5O.Zn/c2*1-3-7-11(8-4-1)13-14-12-9-5-2-6-10-12;7-6-4-2-1-3-5-6;/h2*1,3-10H;2-5,7H;/b2*14-13+;;. The van der Waals surface area contributed by atoms with Crippen LogP contribution in [0.15, 0.2) is 154 Å². The van der Waals surface area contributed by atoms with E-state index in [-0.39, 0.29) is 5.75 Å². The third-order valence-corrected chi connectivity index (χ3v) is 14.2. The van der Waals surface area contributed by atoms with Crippen LogP contribution in [0.5, 0.6) is 5.75 Å². The van der Waals surface area contributed by atoms with Crippen LogP contribution < -0.4 is 12.5 Å². The topological polar surface area (TPSA) is 69.7 Å². The van der Waals surface area contributed by atoms with E-state index in [1.54, 1.807) is 12.1 Å². The van der Waals surface area contributed by atoms with Crippen molar-refractivity contribution < 1.29 is 21.1 Å². The van der Waals surface area contributed by atoms with Crippen LogP contribution in [0.3, 0.4) is 0 Å². The molecule has 0 saturated carbocycles. The van der Waals surface area contributed by atoms with Gasteiger partial charge in [0.25, 0.3) is 0 Å². The predicted molar refractivity (Wildman–Crippen MR) is 141 cm³/mol. The van der Waals surface area contributed by atoms with Crippen molar-refractivity contribution in [3.05, 3.63) is 133 Å². The number of aromatic hydroxyl groups is 1. The van der Waals surface area contributed by atoms with Crippen LogP contribution in [-0.4, -0.2) is 5.11 Å².